The SMILES string of the molecule is [B]C([B])C(C)C(CC)CCC. The van der Waals surface area contributed by atoms with Crippen LogP contribution < -0.4 is 0 Å². The summed E-state index contributed by atoms with van der Waals surface area (Å²) in [5.41, 5.74) is -0.147. The molecule has 60 valence electrons. The van der Waals surface area contributed by atoms with Crippen molar-refractivity contribution in [2.75, 3.05) is 0 Å². The molecule has 0 saturated carbocycles. The fourth-order valence-corrected chi connectivity index (χ4v) is 1.52. The zero-order valence-corrected chi connectivity index (χ0v) is 8.01. The van der Waals surface area contributed by atoms with Gasteiger partial charge in [0, 0.05) is 0 Å². The number of hydrogen-bond acceptors (Lipinski definition) is 0. The summed E-state index contributed by atoms with van der Waals surface area (Å²) < 4.78 is 0. The van der Waals surface area contributed by atoms with Crippen molar-refractivity contribution in [2.24, 2.45) is 11.8 Å². The van der Waals surface area contributed by atoms with Gasteiger partial charge < -0.3 is 0 Å². The smallest absolute Gasteiger partial charge is 0.0579 e. The van der Waals surface area contributed by atoms with Crippen LogP contribution >= 0.6 is 0 Å². The summed E-state index contributed by atoms with van der Waals surface area (Å²) in [7, 11) is 11.2. The molecule has 0 nitrogen and oxygen atoms in total. The molecule has 0 fully saturated rings. The summed E-state index contributed by atoms with van der Waals surface area (Å²) in [6.45, 7) is 6.56. The van der Waals surface area contributed by atoms with Crippen LogP contribution in [0.5, 0.6) is 0 Å². The maximum Gasteiger partial charge on any atom is 0.0579 e. The zero-order valence-electron chi connectivity index (χ0n) is 8.01. The van der Waals surface area contributed by atoms with E-state index in [2.05, 4.69) is 20.8 Å². The van der Waals surface area contributed by atoms with Crippen LogP contribution in [-0.4, -0.2) is 15.7 Å². The Morgan fingerprint density at radius 3 is 2.00 bits per heavy atom. The van der Waals surface area contributed by atoms with E-state index in [-0.39, 0.29) is 5.72 Å². The van der Waals surface area contributed by atoms with Crippen molar-refractivity contribution in [1.82, 2.24) is 0 Å². The maximum atomic E-state index is 5.62. The van der Waals surface area contributed by atoms with Gasteiger partial charge in [-0.25, -0.2) is 0 Å². The number of rotatable bonds is 5. The molecule has 0 aromatic heterocycles. The minimum Gasteiger partial charge on any atom is -0.107 e. The van der Waals surface area contributed by atoms with Crippen LogP contribution in [0.1, 0.15) is 40.0 Å². The Morgan fingerprint density at radius 1 is 1.18 bits per heavy atom. The molecule has 0 heterocycles. The van der Waals surface area contributed by atoms with Gasteiger partial charge in [-0.3, -0.25) is 0 Å². The summed E-state index contributed by atoms with van der Waals surface area (Å²) in [5, 5.41) is 0. The zero-order chi connectivity index (χ0) is 8.85. The van der Waals surface area contributed by atoms with Crippen LogP contribution in [0.3, 0.4) is 0 Å². The van der Waals surface area contributed by atoms with Gasteiger partial charge in [0.25, 0.3) is 0 Å². The molecule has 0 saturated heterocycles. The van der Waals surface area contributed by atoms with Crippen molar-refractivity contribution in [3.8, 4) is 0 Å². The molecule has 0 spiro atoms. The lowest BCUT2D eigenvalue weighted by Crippen LogP contribution is -2.16. The number of hydrogen-bond donors (Lipinski definition) is 0. The first-order valence-electron chi connectivity index (χ1n) is 4.64. The van der Waals surface area contributed by atoms with Crippen LogP contribution in [0, 0.1) is 11.8 Å². The third-order valence-corrected chi connectivity index (χ3v) is 2.53. The van der Waals surface area contributed by atoms with Crippen molar-refractivity contribution in [1.29, 1.82) is 0 Å². The second-order valence-corrected chi connectivity index (χ2v) is 3.39. The Morgan fingerprint density at radius 2 is 1.73 bits per heavy atom. The highest BCUT2D eigenvalue weighted by atomic mass is 14.2. The summed E-state index contributed by atoms with van der Waals surface area (Å²) in [6, 6.07) is 0. The van der Waals surface area contributed by atoms with E-state index in [9.17, 15) is 0 Å². The minimum absolute atomic E-state index is 0.147. The van der Waals surface area contributed by atoms with Crippen LogP contribution in [0.4, 0.5) is 0 Å². The molecule has 0 aliphatic carbocycles. The van der Waals surface area contributed by atoms with Gasteiger partial charge in [-0.15, -0.1) is 5.72 Å². The average Bonchev–Trinajstić information content (AvgIpc) is 1.98. The van der Waals surface area contributed by atoms with E-state index in [4.69, 9.17) is 15.7 Å². The highest BCUT2D eigenvalue weighted by Crippen LogP contribution is 2.27. The van der Waals surface area contributed by atoms with Crippen LogP contribution in [0.2, 0.25) is 5.72 Å². The van der Waals surface area contributed by atoms with E-state index in [1.807, 2.05) is 0 Å². The lowest BCUT2D eigenvalue weighted by molar-refractivity contribution is 0.336. The van der Waals surface area contributed by atoms with Gasteiger partial charge in [-0.05, 0) is 5.92 Å². The molecule has 0 aliphatic rings. The summed E-state index contributed by atoms with van der Waals surface area (Å²) in [6.07, 6.45) is 3.68. The predicted octanol–water partition coefficient (Wildman–Crippen LogP) is 2.53. The lowest BCUT2D eigenvalue weighted by atomic mass is 9.59. The van der Waals surface area contributed by atoms with Crippen molar-refractivity contribution in [3.05, 3.63) is 0 Å². The second kappa shape index (κ2) is 5.74. The molecule has 2 unspecified atom stereocenters. The van der Waals surface area contributed by atoms with Gasteiger partial charge in [-0.1, -0.05) is 46.0 Å². The average molecular weight is 148 g/mol. The van der Waals surface area contributed by atoms with E-state index in [1.165, 1.54) is 19.3 Å². The summed E-state index contributed by atoms with van der Waals surface area (Å²) >= 11 is 0. The Bertz CT molecular complexity index is 91.6. The molecular formula is C9H18B2. The normalized spacial score (nSPS) is 16.7. The largest absolute Gasteiger partial charge is 0.107 e. The highest BCUT2D eigenvalue weighted by molar-refractivity contribution is 6.35. The maximum absolute atomic E-state index is 5.62. The van der Waals surface area contributed by atoms with E-state index < -0.39 is 0 Å². The molecule has 0 aliphatic heterocycles. The van der Waals surface area contributed by atoms with E-state index in [1.54, 1.807) is 0 Å². The first kappa shape index (κ1) is 11.1. The molecular weight excluding hydrogens is 130 g/mol. The van der Waals surface area contributed by atoms with Crippen molar-refractivity contribution >= 4 is 15.7 Å². The highest BCUT2D eigenvalue weighted by Gasteiger charge is 2.16. The molecule has 2 atom stereocenters. The van der Waals surface area contributed by atoms with Crippen LogP contribution in [0.15, 0.2) is 0 Å². The van der Waals surface area contributed by atoms with E-state index in [0.717, 1.165) is 0 Å². The molecule has 0 rings (SSSR count). The van der Waals surface area contributed by atoms with E-state index >= 15 is 0 Å². The molecule has 4 radical (unpaired) electrons. The van der Waals surface area contributed by atoms with Gasteiger partial charge >= 0.3 is 0 Å². The third kappa shape index (κ3) is 3.88. The monoisotopic (exact) mass is 148 g/mol. The standard InChI is InChI=1S/C9H18B2/c1-4-6-8(5-2)7(3)9(10)11/h7-9H,4-6H2,1-3H3. The summed E-state index contributed by atoms with van der Waals surface area (Å²) in [5.74, 6) is 1.17. The predicted molar refractivity (Wildman–Crippen MR) is 53.1 cm³/mol. The van der Waals surface area contributed by atoms with Crippen LogP contribution in [-0.2, 0) is 0 Å². The fraction of sp³-hybridized carbons (Fsp3) is 1.00. The molecule has 0 bridgehead atoms. The van der Waals surface area contributed by atoms with Gasteiger partial charge in [0.2, 0.25) is 0 Å². The quantitative estimate of drug-likeness (QED) is 0.525. The first-order chi connectivity index (χ1) is 5.13. The van der Waals surface area contributed by atoms with Crippen molar-refractivity contribution in [2.45, 2.75) is 45.8 Å². The van der Waals surface area contributed by atoms with Crippen molar-refractivity contribution < 1.29 is 0 Å². The fourth-order valence-electron chi connectivity index (χ4n) is 1.52. The first-order valence-corrected chi connectivity index (χ1v) is 4.64. The van der Waals surface area contributed by atoms with Crippen LogP contribution in [0.25, 0.3) is 0 Å². The molecule has 11 heavy (non-hydrogen) atoms. The molecule has 2 heteroatoms. The van der Waals surface area contributed by atoms with Crippen molar-refractivity contribution in [3.63, 3.8) is 0 Å². The van der Waals surface area contributed by atoms with Gasteiger partial charge in [-0.2, -0.15) is 0 Å². The Balaban J connectivity index is 3.81. The molecule has 0 N–H and O–H groups in total. The van der Waals surface area contributed by atoms with Gasteiger partial charge in [0.05, 0.1) is 15.7 Å². The summed E-state index contributed by atoms with van der Waals surface area (Å²) in [4.78, 5) is 0. The minimum atomic E-state index is -0.147. The molecule has 0 aromatic rings. The lowest BCUT2D eigenvalue weighted by Gasteiger charge is -2.26. The molecule has 0 aromatic carbocycles. The van der Waals surface area contributed by atoms with E-state index in [0.29, 0.717) is 11.8 Å². The third-order valence-electron chi connectivity index (χ3n) is 2.53. The van der Waals surface area contributed by atoms with Gasteiger partial charge in [0.15, 0.2) is 0 Å². The topological polar surface area (TPSA) is 0 Å². The Hall–Kier alpha value is 0.130. The second-order valence-electron chi connectivity index (χ2n) is 3.39. The van der Waals surface area contributed by atoms with Gasteiger partial charge in [0.1, 0.15) is 0 Å². The Kier molecular flexibility index (Phi) is 5.81. The molecule has 0 amide bonds. The Labute approximate surface area is 74.0 Å².